The van der Waals surface area contributed by atoms with Gasteiger partial charge in [0.05, 0.1) is 11.1 Å². The molecule has 0 aliphatic rings. The van der Waals surface area contributed by atoms with Gasteiger partial charge in [0.2, 0.25) is 0 Å². The fourth-order valence-electron chi connectivity index (χ4n) is 2.19. The predicted molar refractivity (Wildman–Crippen MR) is 90.1 cm³/mol. The third kappa shape index (κ3) is 4.11. The van der Waals surface area contributed by atoms with Crippen LogP contribution in [0.1, 0.15) is 34.6 Å². The number of rotatable bonds is 5. The molecule has 0 aliphatic carbocycles. The number of nitrogens with zero attached hydrogens (tertiary/aromatic N) is 1. The molecule has 0 N–H and O–H groups in total. The summed E-state index contributed by atoms with van der Waals surface area (Å²) in [5.41, 5.74) is 0.592. The summed E-state index contributed by atoms with van der Waals surface area (Å²) in [6.07, 6.45) is 0. The minimum atomic E-state index is -0.566. The monoisotopic (exact) mass is 331 g/mol. The number of carbonyl (C=O) groups is 2. The molecule has 0 aromatic heterocycles. The molecule has 0 spiro atoms. The number of esters is 1. The Labute approximate surface area is 140 Å². The van der Waals surface area contributed by atoms with Crippen LogP contribution < -0.4 is 4.74 Å². The summed E-state index contributed by atoms with van der Waals surface area (Å²) in [5, 5.41) is 0.557. The van der Waals surface area contributed by atoms with Crippen LogP contribution in [0.4, 0.5) is 0 Å². The fraction of sp³-hybridized carbons (Fsp3) is 0.222. The highest BCUT2D eigenvalue weighted by atomic mass is 35.5. The molecule has 0 bridgehead atoms. The Morgan fingerprint density at radius 2 is 1.52 bits per heavy atom. The molecule has 120 valence electrons. The number of hydrogen-bond acceptors (Lipinski definition) is 3. The minimum absolute atomic E-state index is 0.182. The van der Waals surface area contributed by atoms with Gasteiger partial charge in [-0.3, -0.25) is 4.79 Å². The Kier molecular flexibility index (Phi) is 5.77. The number of amides is 1. The van der Waals surface area contributed by atoms with E-state index in [0.29, 0.717) is 29.4 Å². The first-order valence-electron chi connectivity index (χ1n) is 7.42. The summed E-state index contributed by atoms with van der Waals surface area (Å²) >= 11 is 5.81. The summed E-state index contributed by atoms with van der Waals surface area (Å²) in [5.74, 6) is -0.369. The van der Waals surface area contributed by atoms with Crippen molar-refractivity contribution in [3.05, 3.63) is 64.7 Å². The first kappa shape index (κ1) is 17.0. The molecule has 0 saturated heterocycles. The quantitative estimate of drug-likeness (QED) is 0.613. The molecule has 2 aromatic rings. The van der Waals surface area contributed by atoms with Crippen LogP contribution in [0.15, 0.2) is 48.5 Å². The van der Waals surface area contributed by atoms with E-state index in [1.54, 1.807) is 53.4 Å². The molecule has 0 radical (unpaired) electrons. The molecule has 0 heterocycles. The average Bonchev–Trinajstić information content (AvgIpc) is 2.58. The van der Waals surface area contributed by atoms with Crippen LogP contribution in [-0.4, -0.2) is 29.9 Å². The van der Waals surface area contributed by atoms with Crippen LogP contribution in [0.3, 0.4) is 0 Å². The van der Waals surface area contributed by atoms with Crippen LogP contribution in [-0.2, 0) is 0 Å². The van der Waals surface area contributed by atoms with Gasteiger partial charge in [0, 0.05) is 18.1 Å². The van der Waals surface area contributed by atoms with E-state index in [9.17, 15) is 9.59 Å². The molecule has 23 heavy (non-hydrogen) atoms. The van der Waals surface area contributed by atoms with E-state index in [0.717, 1.165) is 0 Å². The smallest absolute Gasteiger partial charge is 0.344 e. The van der Waals surface area contributed by atoms with Crippen molar-refractivity contribution in [3.8, 4) is 5.75 Å². The van der Waals surface area contributed by atoms with Gasteiger partial charge in [-0.2, -0.15) is 0 Å². The molecule has 2 aromatic carbocycles. The van der Waals surface area contributed by atoms with E-state index in [1.807, 2.05) is 13.8 Å². The Morgan fingerprint density at radius 3 is 2.09 bits per heavy atom. The Bertz CT molecular complexity index is 694. The summed E-state index contributed by atoms with van der Waals surface area (Å²) in [6, 6.07) is 13.2. The van der Waals surface area contributed by atoms with Crippen molar-refractivity contribution >= 4 is 23.5 Å². The zero-order valence-corrected chi connectivity index (χ0v) is 13.8. The second kappa shape index (κ2) is 7.79. The van der Waals surface area contributed by atoms with E-state index >= 15 is 0 Å². The first-order chi connectivity index (χ1) is 11.1. The SMILES string of the molecule is CCN(CC)C(=O)c1ccccc1C(=O)Oc1ccc(Cl)cc1. The number of carbonyl (C=O) groups excluding carboxylic acids is 2. The van der Waals surface area contributed by atoms with E-state index < -0.39 is 5.97 Å². The average molecular weight is 332 g/mol. The maximum absolute atomic E-state index is 12.5. The predicted octanol–water partition coefficient (Wildman–Crippen LogP) is 4.04. The highest BCUT2D eigenvalue weighted by Gasteiger charge is 2.21. The Balaban J connectivity index is 2.27. The molecule has 2 rings (SSSR count). The number of hydrogen-bond donors (Lipinski definition) is 0. The zero-order chi connectivity index (χ0) is 16.8. The van der Waals surface area contributed by atoms with Crippen molar-refractivity contribution in [3.63, 3.8) is 0 Å². The standard InChI is InChI=1S/C18H18ClNO3/c1-3-20(4-2)17(21)15-7-5-6-8-16(15)18(22)23-14-11-9-13(19)10-12-14/h5-12H,3-4H2,1-2H3. The lowest BCUT2D eigenvalue weighted by molar-refractivity contribution is 0.0708. The van der Waals surface area contributed by atoms with E-state index in [-0.39, 0.29) is 11.5 Å². The molecule has 0 saturated carbocycles. The number of halogens is 1. The fourth-order valence-corrected chi connectivity index (χ4v) is 2.32. The third-order valence-corrected chi connectivity index (χ3v) is 3.70. The van der Waals surface area contributed by atoms with Crippen molar-refractivity contribution in [2.75, 3.05) is 13.1 Å². The van der Waals surface area contributed by atoms with Crippen molar-refractivity contribution in [1.82, 2.24) is 4.90 Å². The van der Waals surface area contributed by atoms with E-state index in [4.69, 9.17) is 16.3 Å². The van der Waals surface area contributed by atoms with Crippen LogP contribution in [0.5, 0.6) is 5.75 Å². The van der Waals surface area contributed by atoms with Crippen LogP contribution >= 0.6 is 11.6 Å². The molecule has 4 nitrogen and oxygen atoms in total. The van der Waals surface area contributed by atoms with Crippen molar-refractivity contribution in [2.24, 2.45) is 0 Å². The Morgan fingerprint density at radius 1 is 0.957 bits per heavy atom. The van der Waals surface area contributed by atoms with Crippen molar-refractivity contribution < 1.29 is 14.3 Å². The van der Waals surface area contributed by atoms with Gasteiger partial charge in [-0.1, -0.05) is 23.7 Å². The molecule has 0 atom stereocenters. The van der Waals surface area contributed by atoms with Gasteiger partial charge in [-0.25, -0.2) is 4.79 Å². The maximum Gasteiger partial charge on any atom is 0.344 e. The van der Waals surface area contributed by atoms with Gasteiger partial charge < -0.3 is 9.64 Å². The highest BCUT2D eigenvalue weighted by Crippen LogP contribution is 2.19. The van der Waals surface area contributed by atoms with Crippen LogP contribution in [0.25, 0.3) is 0 Å². The normalized spacial score (nSPS) is 10.2. The Hall–Kier alpha value is -2.33. The number of ether oxygens (including phenoxy) is 1. The lowest BCUT2D eigenvalue weighted by Gasteiger charge is -2.20. The lowest BCUT2D eigenvalue weighted by Crippen LogP contribution is -2.32. The second-order valence-corrected chi connectivity index (χ2v) is 5.30. The molecule has 0 unspecified atom stereocenters. The van der Waals surface area contributed by atoms with Gasteiger partial charge in [0.1, 0.15) is 5.75 Å². The number of benzene rings is 2. The minimum Gasteiger partial charge on any atom is -0.423 e. The molecular weight excluding hydrogens is 314 g/mol. The zero-order valence-electron chi connectivity index (χ0n) is 13.1. The topological polar surface area (TPSA) is 46.6 Å². The van der Waals surface area contributed by atoms with E-state index in [2.05, 4.69) is 0 Å². The van der Waals surface area contributed by atoms with Gasteiger partial charge >= 0.3 is 5.97 Å². The second-order valence-electron chi connectivity index (χ2n) is 4.87. The van der Waals surface area contributed by atoms with Crippen molar-refractivity contribution in [1.29, 1.82) is 0 Å². The summed E-state index contributed by atoms with van der Waals surface area (Å²) < 4.78 is 5.32. The molecular formula is C18H18ClNO3. The lowest BCUT2D eigenvalue weighted by atomic mass is 10.1. The molecule has 0 aliphatic heterocycles. The molecule has 1 amide bonds. The van der Waals surface area contributed by atoms with Gasteiger partial charge in [-0.05, 0) is 50.2 Å². The van der Waals surface area contributed by atoms with Crippen LogP contribution in [0.2, 0.25) is 5.02 Å². The van der Waals surface area contributed by atoms with Crippen molar-refractivity contribution in [2.45, 2.75) is 13.8 Å². The summed E-state index contributed by atoms with van der Waals surface area (Å²) in [4.78, 5) is 26.6. The van der Waals surface area contributed by atoms with E-state index in [1.165, 1.54) is 0 Å². The van der Waals surface area contributed by atoms with Gasteiger partial charge in [-0.15, -0.1) is 0 Å². The van der Waals surface area contributed by atoms with Gasteiger partial charge in [0.25, 0.3) is 5.91 Å². The largest absolute Gasteiger partial charge is 0.423 e. The summed E-state index contributed by atoms with van der Waals surface area (Å²) in [6.45, 7) is 4.96. The molecule has 0 fully saturated rings. The third-order valence-electron chi connectivity index (χ3n) is 3.45. The molecule has 5 heteroatoms. The van der Waals surface area contributed by atoms with Crippen LogP contribution in [0, 0.1) is 0 Å². The highest BCUT2D eigenvalue weighted by molar-refractivity contribution is 6.30. The van der Waals surface area contributed by atoms with Gasteiger partial charge in [0.15, 0.2) is 0 Å². The summed E-state index contributed by atoms with van der Waals surface area (Å²) in [7, 11) is 0. The maximum atomic E-state index is 12.5. The first-order valence-corrected chi connectivity index (χ1v) is 7.80.